The van der Waals surface area contributed by atoms with Crippen molar-refractivity contribution in [1.29, 1.82) is 0 Å². The molecule has 0 atom stereocenters. The molecule has 0 bridgehead atoms. The maximum atomic E-state index is 13.3. The van der Waals surface area contributed by atoms with Crippen LogP contribution < -0.4 is 10.1 Å². The van der Waals surface area contributed by atoms with Crippen LogP contribution in [0.5, 0.6) is 11.6 Å². The number of ether oxygens (including phenoxy) is 1. The summed E-state index contributed by atoms with van der Waals surface area (Å²) >= 11 is 3.08. The quantitative estimate of drug-likeness (QED) is 0.943. The fourth-order valence-electron chi connectivity index (χ4n) is 1.34. The fraction of sp³-hybridized carbons (Fsp3) is 0.167. The minimum absolute atomic E-state index is 0.330. The monoisotopic (exact) mass is 311 g/mol. The van der Waals surface area contributed by atoms with Crippen LogP contribution in [0.3, 0.4) is 0 Å². The van der Waals surface area contributed by atoms with Crippen LogP contribution in [0, 0.1) is 5.82 Å². The lowest BCUT2D eigenvalue weighted by atomic mass is 10.3. The summed E-state index contributed by atoms with van der Waals surface area (Å²) in [5.41, 5.74) is 0.812. The van der Waals surface area contributed by atoms with E-state index in [2.05, 4.69) is 31.4 Å². The predicted molar refractivity (Wildman–Crippen MR) is 69.0 cm³/mol. The van der Waals surface area contributed by atoms with E-state index >= 15 is 0 Å². The lowest BCUT2D eigenvalue weighted by Crippen LogP contribution is -2.07. The summed E-state index contributed by atoms with van der Waals surface area (Å²) in [5, 5.41) is 10.8. The zero-order chi connectivity index (χ0) is 13.0. The highest BCUT2D eigenvalue weighted by molar-refractivity contribution is 9.10. The molecule has 94 valence electrons. The summed E-state index contributed by atoms with van der Waals surface area (Å²) in [7, 11) is 1.83. The molecule has 1 aromatic heterocycles. The Kier molecular flexibility index (Phi) is 4.22. The Morgan fingerprint density at radius 1 is 1.28 bits per heavy atom. The standard InChI is InChI=1S/C12H11BrFN3O/c1-15-7-8-2-5-12(17-16-8)18-9-3-4-10(13)11(14)6-9/h2-6,15H,7H2,1H3. The topological polar surface area (TPSA) is 47.0 Å². The number of halogens is 2. The third-order valence-corrected chi connectivity index (χ3v) is 2.81. The highest BCUT2D eigenvalue weighted by Crippen LogP contribution is 2.24. The molecule has 0 fully saturated rings. The summed E-state index contributed by atoms with van der Waals surface area (Å²) in [5.74, 6) is 0.329. The van der Waals surface area contributed by atoms with Crippen LogP contribution >= 0.6 is 15.9 Å². The molecule has 1 N–H and O–H groups in total. The highest BCUT2D eigenvalue weighted by atomic mass is 79.9. The first-order chi connectivity index (χ1) is 8.69. The number of aromatic nitrogens is 2. The zero-order valence-corrected chi connectivity index (χ0v) is 11.2. The van der Waals surface area contributed by atoms with E-state index in [0.717, 1.165) is 5.69 Å². The number of benzene rings is 1. The van der Waals surface area contributed by atoms with Crippen LogP contribution in [0.2, 0.25) is 0 Å². The van der Waals surface area contributed by atoms with Crippen molar-refractivity contribution >= 4 is 15.9 Å². The summed E-state index contributed by atoms with van der Waals surface area (Å²) in [6, 6.07) is 8.00. The van der Waals surface area contributed by atoms with Crippen LogP contribution in [-0.4, -0.2) is 17.2 Å². The van der Waals surface area contributed by atoms with Gasteiger partial charge in [-0.05, 0) is 41.2 Å². The highest BCUT2D eigenvalue weighted by Gasteiger charge is 2.04. The molecule has 0 saturated carbocycles. The molecular weight excluding hydrogens is 301 g/mol. The van der Waals surface area contributed by atoms with Gasteiger partial charge in [-0.25, -0.2) is 4.39 Å². The Bertz CT molecular complexity index is 533. The van der Waals surface area contributed by atoms with Gasteiger partial charge in [0.1, 0.15) is 11.6 Å². The van der Waals surface area contributed by atoms with Gasteiger partial charge in [0.15, 0.2) is 0 Å². The summed E-state index contributed by atoms with van der Waals surface area (Å²) in [4.78, 5) is 0. The fourth-order valence-corrected chi connectivity index (χ4v) is 1.59. The first-order valence-electron chi connectivity index (χ1n) is 5.29. The number of hydrogen-bond donors (Lipinski definition) is 1. The van der Waals surface area contributed by atoms with Gasteiger partial charge in [-0.15, -0.1) is 5.10 Å². The van der Waals surface area contributed by atoms with Crippen LogP contribution in [0.25, 0.3) is 0 Å². The van der Waals surface area contributed by atoms with Crippen LogP contribution in [0.15, 0.2) is 34.8 Å². The van der Waals surface area contributed by atoms with E-state index in [4.69, 9.17) is 4.74 Å². The lowest BCUT2D eigenvalue weighted by Gasteiger charge is -2.05. The minimum Gasteiger partial charge on any atom is -0.437 e. The molecule has 18 heavy (non-hydrogen) atoms. The molecule has 0 aliphatic rings. The van der Waals surface area contributed by atoms with Gasteiger partial charge >= 0.3 is 0 Å². The number of nitrogens with one attached hydrogen (secondary N) is 1. The van der Waals surface area contributed by atoms with Crippen molar-refractivity contribution in [1.82, 2.24) is 15.5 Å². The molecule has 0 unspecified atom stereocenters. The largest absolute Gasteiger partial charge is 0.437 e. The molecule has 0 spiro atoms. The Morgan fingerprint density at radius 2 is 2.11 bits per heavy atom. The van der Waals surface area contributed by atoms with Gasteiger partial charge in [-0.2, -0.15) is 5.10 Å². The summed E-state index contributed by atoms with van der Waals surface area (Å²) in [6.45, 7) is 0.639. The number of nitrogens with zero attached hydrogens (tertiary/aromatic N) is 2. The minimum atomic E-state index is -0.382. The molecular formula is C12H11BrFN3O. The second-order valence-corrected chi connectivity index (χ2v) is 4.43. The van der Waals surface area contributed by atoms with Crippen molar-refractivity contribution < 1.29 is 9.13 Å². The Morgan fingerprint density at radius 3 is 2.72 bits per heavy atom. The Balaban J connectivity index is 2.10. The zero-order valence-electron chi connectivity index (χ0n) is 9.65. The average Bonchev–Trinajstić information content (AvgIpc) is 2.37. The lowest BCUT2D eigenvalue weighted by molar-refractivity contribution is 0.448. The molecule has 4 nitrogen and oxygen atoms in total. The van der Waals surface area contributed by atoms with E-state index in [1.54, 1.807) is 24.3 Å². The van der Waals surface area contributed by atoms with Crippen molar-refractivity contribution in [2.24, 2.45) is 0 Å². The van der Waals surface area contributed by atoms with Crippen molar-refractivity contribution in [3.05, 3.63) is 46.3 Å². The second-order valence-electron chi connectivity index (χ2n) is 3.57. The molecule has 0 radical (unpaired) electrons. The van der Waals surface area contributed by atoms with E-state index in [-0.39, 0.29) is 5.82 Å². The van der Waals surface area contributed by atoms with E-state index in [1.807, 2.05) is 7.05 Å². The third kappa shape index (κ3) is 3.24. The van der Waals surface area contributed by atoms with Gasteiger partial charge in [0.2, 0.25) is 5.88 Å². The van der Waals surface area contributed by atoms with E-state index in [1.165, 1.54) is 6.07 Å². The maximum Gasteiger partial charge on any atom is 0.238 e. The van der Waals surface area contributed by atoms with E-state index in [9.17, 15) is 4.39 Å². The van der Waals surface area contributed by atoms with Crippen LogP contribution in [-0.2, 0) is 6.54 Å². The van der Waals surface area contributed by atoms with Crippen molar-refractivity contribution in [2.45, 2.75) is 6.54 Å². The van der Waals surface area contributed by atoms with E-state index in [0.29, 0.717) is 22.6 Å². The second kappa shape index (κ2) is 5.88. The maximum absolute atomic E-state index is 13.3. The van der Waals surface area contributed by atoms with Gasteiger partial charge in [0.05, 0.1) is 10.2 Å². The molecule has 1 heterocycles. The summed E-state index contributed by atoms with van der Waals surface area (Å²) in [6.07, 6.45) is 0. The molecule has 2 rings (SSSR count). The number of hydrogen-bond acceptors (Lipinski definition) is 4. The predicted octanol–water partition coefficient (Wildman–Crippen LogP) is 2.89. The first kappa shape index (κ1) is 12.9. The molecule has 0 aliphatic carbocycles. The third-order valence-electron chi connectivity index (χ3n) is 2.17. The summed E-state index contributed by atoms with van der Waals surface area (Å²) < 4.78 is 19.1. The van der Waals surface area contributed by atoms with Gasteiger partial charge in [0, 0.05) is 18.7 Å². The normalized spacial score (nSPS) is 10.4. The van der Waals surface area contributed by atoms with Gasteiger partial charge < -0.3 is 10.1 Å². The van der Waals surface area contributed by atoms with E-state index < -0.39 is 0 Å². The molecule has 0 aliphatic heterocycles. The molecule has 6 heteroatoms. The van der Waals surface area contributed by atoms with Crippen LogP contribution in [0.1, 0.15) is 5.69 Å². The van der Waals surface area contributed by atoms with Crippen molar-refractivity contribution in [3.63, 3.8) is 0 Å². The van der Waals surface area contributed by atoms with Gasteiger partial charge in [-0.1, -0.05) is 0 Å². The van der Waals surface area contributed by atoms with Gasteiger partial charge in [0.25, 0.3) is 0 Å². The molecule has 0 amide bonds. The first-order valence-corrected chi connectivity index (χ1v) is 6.08. The molecule has 2 aromatic rings. The smallest absolute Gasteiger partial charge is 0.238 e. The Hall–Kier alpha value is -1.53. The number of rotatable bonds is 4. The van der Waals surface area contributed by atoms with Gasteiger partial charge in [-0.3, -0.25) is 0 Å². The molecule has 0 saturated heterocycles. The Labute approximate surface area is 112 Å². The van der Waals surface area contributed by atoms with Crippen LogP contribution in [0.4, 0.5) is 4.39 Å². The SMILES string of the molecule is CNCc1ccc(Oc2ccc(Br)c(F)c2)nn1. The molecule has 1 aromatic carbocycles. The van der Waals surface area contributed by atoms with Crippen molar-refractivity contribution in [3.8, 4) is 11.6 Å². The van der Waals surface area contributed by atoms with Crippen molar-refractivity contribution in [2.75, 3.05) is 7.05 Å². The average molecular weight is 312 g/mol.